The van der Waals surface area contributed by atoms with Gasteiger partial charge < -0.3 is 5.32 Å². The fraction of sp³-hybridized carbons (Fsp3) is 0.500. The zero-order valence-corrected chi connectivity index (χ0v) is 15.1. The molecule has 0 bridgehead atoms. The maximum absolute atomic E-state index is 12.9. The van der Waals surface area contributed by atoms with Gasteiger partial charge in [-0.2, -0.15) is 0 Å². The number of aromatic nitrogens is 1. The summed E-state index contributed by atoms with van der Waals surface area (Å²) in [5.74, 6) is 0.0234. The quantitative estimate of drug-likeness (QED) is 0.883. The van der Waals surface area contributed by atoms with Crippen molar-refractivity contribution in [1.82, 2.24) is 19.5 Å². The van der Waals surface area contributed by atoms with Crippen molar-refractivity contribution >= 4 is 20.9 Å². The van der Waals surface area contributed by atoms with Crippen LogP contribution in [0.1, 0.15) is 12.0 Å². The largest absolute Gasteiger partial charge is 0.314 e. The van der Waals surface area contributed by atoms with E-state index in [1.165, 1.54) is 0 Å². The van der Waals surface area contributed by atoms with Crippen molar-refractivity contribution in [3.8, 4) is 0 Å². The van der Waals surface area contributed by atoms with Crippen molar-refractivity contribution < 1.29 is 8.42 Å². The van der Waals surface area contributed by atoms with Crippen molar-refractivity contribution in [2.75, 3.05) is 39.3 Å². The van der Waals surface area contributed by atoms with Crippen molar-refractivity contribution in [1.29, 1.82) is 0 Å². The smallest absolute Gasteiger partial charge is 0.218 e. The van der Waals surface area contributed by atoms with Crippen molar-refractivity contribution in [3.63, 3.8) is 0 Å². The minimum Gasteiger partial charge on any atom is -0.314 e. The van der Waals surface area contributed by atoms with Crippen LogP contribution < -0.4 is 5.32 Å². The second-order valence-electron chi connectivity index (χ2n) is 6.83. The molecule has 0 radical (unpaired) electrons. The second kappa shape index (κ2) is 6.99. The highest BCUT2D eigenvalue weighted by Crippen LogP contribution is 2.24. The van der Waals surface area contributed by atoms with Crippen LogP contribution in [-0.4, -0.2) is 67.9 Å². The lowest BCUT2D eigenvalue weighted by atomic mass is 10.1. The fourth-order valence-corrected chi connectivity index (χ4v) is 5.47. The van der Waals surface area contributed by atoms with Crippen molar-refractivity contribution in [3.05, 3.63) is 42.1 Å². The number of nitrogens with one attached hydrogen (secondary N) is 1. The normalized spacial score (nSPS) is 23.3. The van der Waals surface area contributed by atoms with Crippen LogP contribution in [0.2, 0.25) is 0 Å². The summed E-state index contributed by atoms with van der Waals surface area (Å²) >= 11 is 0. The molecule has 3 heterocycles. The molecule has 0 amide bonds. The topological polar surface area (TPSA) is 65.5 Å². The van der Waals surface area contributed by atoms with Crippen LogP contribution in [0.25, 0.3) is 10.9 Å². The average molecular weight is 360 g/mol. The van der Waals surface area contributed by atoms with Gasteiger partial charge in [0.1, 0.15) is 0 Å². The number of nitrogens with zero attached hydrogens (tertiary/aromatic N) is 3. The predicted molar refractivity (Wildman–Crippen MR) is 98.8 cm³/mol. The lowest BCUT2D eigenvalue weighted by Crippen LogP contribution is -2.49. The monoisotopic (exact) mass is 360 g/mol. The van der Waals surface area contributed by atoms with Gasteiger partial charge in [0, 0.05) is 56.9 Å². The Hall–Kier alpha value is -1.54. The molecule has 1 atom stereocenters. The number of para-hydroxylation sites is 1. The van der Waals surface area contributed by atoms with Gasteiger partial charge >= 0.3 is 0 Å². The van der Waals surface area contributed by atoms with Gasteiger partial charge in [-0.05, 0) is 18.1 Å². The summed E-state index contributed by atoms with van der Waals surface area (Å²) in [6, 6.07) is 9.93. The predicted octanol–water partition coefficient (Wildman–Crippen LogP) is 1.04. The highest BCUT2D eigenvalue weighted by atomic mass is 32.2. The summed E-state index contributed by atoms with van der Waals surface area (Å²) in [4.78, 5) is 6.80. The Labute approximate surface area is 148 Å². The van der Waals surface area contributed by atoms with Crippen LogP contribution in [-0.2, 0) is 15.8 Å². The fourth-order valence-electron chi connectivity index (χ4n) is 3.88. The van der Waals surface area contributed by atoms with Crippen molar-refractivity contribution in [2.24, 2.45) is 0 Å². The number of pyridine rings is 1. The van der Waals surface area contributed by atoms with Crippen LogP contribution in [0.5, 0.6) is 0 Å². The van der Waals surface area contributed by atoms with E-state index >= 15 is 0 Å². The molecule has 2 saturated heterocycles. The molecule has 6 nitrogen and oxygen atoms in total. The number of rotatable bonds is 4. The Kier molecular flexibility index (Phi) is 4.73. The summed E-state index contributed by atoms with van der Waals surface area (Å²) in [5, 5.41) is 4.33. The average Bonchev–Trinajstić information content (AvgIpc) is 3.14. The molecule has 0 aliphatic carbocycles. The van der Waals surface area contributed by atoms with E-state index in [0.717, 1.165) is 49.1 Å². The number of sulfonamides is 1. The van der Waals surface area contributed by atoms with Crippen LogP contribution in [0.4, 0.5) is 0 Å². The van der Waals surface area contributed by atoms with Gasteiger partial charge in [-0.3, -0.25) is 9.88 Å². The number of fused-ring (bicyclic) bond motifs is 1. The van der Waals surface area contributed by atoms with Gasteiger partial charge in [-0.15, -0.1) is 0 Å². The maximum atomic E-state index is 12.9. The minimum absolute atomic E-state index is 0.0234. The van der Waals surface area contributed by atoms with E-state index in [9.17, 15) is 8.42 Å². The second-order valence-corrected chi connectivity index (χ2v) is 8.80. The SMILES string of the molecule is O=S(=O)(Cc1cccc2cccnc12)N1CCC(N2CCNCC2)C1. The van der Waals surface area contributed by atoms with Gasteiger partial charge in [0.2, 0.25) is 10.0 Å². The molecule has 4 rings (SSSR count). The molecule has 2 aromatic rings. The van der Waals surface area contributed by atoms with Crippen molar-refractivity contribution in [2.45, 2.75) is 18.2 Å². The molecular weight excluding hydrogens is 336 g/mol. The van der Waals surface area contributed by atoms with E-state index in [4.69, 9.17) is 0 Å². The summed E-state index contributed by atoms with van der Waals surface area (Å²) in [7, 11) is -3.33. The standard InChI is InChI=1S/C18H24N4O2S/c23-25(24,14-16-4-1-3-15-5-2-7-20-18(15)16)22-10-6-17(13-22)21-11-8-19-9-12-21/h1-5,7,17,19H,6,8-14H2. The number of hydrogen-bond donors (Lipinski definition) is 1. The highest BCUT2D eigenvalue weighted by Gasteiger charge is 2.34. The van der Waals surface area contributed by atoms with Gasteiger partial charge in [0.15, 0.2) is 0 Å². The number of benzene rings is 1. The Bertz CT molecular complexity index is 844. The summed E-state index contributed by atoms with van der Waals surface area (Å²) in [5.41, 5.74) is 1.56. The third-order valence-corrected chi connectivity index (χ3v) is 7.04. The zero-order valence-electron chi connectivity index (χ0n) is 14.3. The van der Waals surface area contributed by atoms with Gasteiger partial charge in [0.05, 0.1) is 11.3 Å². The summed E-state index contributed by atoms with van der Waals surface area (Å²) in [6.07, 6.45) is 2.64. The minimum atomic E-state index is -3.33. The molecule has 25 heavy (non-hydrogen) atoms. The highest BCUT2D eigenvalue weighted by molar-refractivity contribution is 7.88. The molecule has 2 aliphatic heterocycles. The van der Waals surface area contributed by atoms with Gasteiger partial charge in [-0.25, -0.2) is 12.7 Å². The Morgan fingerprint density at radius 2 is 1.92 bits per heavy atom. The number of piperazine rings is 1. The first-order valence-electron chi connectivity index (χ1n) is 8.89. The van der Waals surface area contributed by atoms with E-state index in [2.05, 4.69) is 15.2 Å². The van der Waals surface area contributed by atoms with Crippen LogP contribution in [0.15, 0.2) is 36.5 Å². The molecule has 2 aliphatic rings. The van der Waals surface area contributed by atoms with E-state index in [-0.39, 0.29) is 5.75 Å². The van der Waals surface area contributed by atoms with E-state index in [1.54, 1.807) is 10.5 Å². The Balaban J connectivity index is 1.50. The zero-order chi connectivity index (χ0) is 17.3. The van der Waals surface area contributed by atoms with Crippen LogP contribution in [0, 0.1) is 0 Å². The first kappa shape index (κ1) is 16.9. The third kappa shape index (κ3) is 3.55. The molecule has 0 saturated carbocycles. The lowest BCUT2D eigenvalue weighted by molar-refractivity contribution is 0.179. The van der Waals surface area contributed by atoms with E-state index in [1.807, 2.05) is 30.3 Å². The summed E-state index contributed by atoms with van der Waals surface area (Å²) in [6.45, 7) is 5.23. The molecule has 1 N–H and O–H groups in total. The molecule has 1 unspecified atom stereocenters. The molecule has 1 aromatic heterocycles. The van der Waals surface area contributed by atoms with Crippen LogP contribution >= 0.6 is 0 Å². The Morgan fingerprint density at radius 3 is 2.76 bits per heavy atom. The van der Waals surface area contributed by atoms with E-state index in [0.29, 0.717) is 19.1 Å². The number of hydrogen-bond acceptors (Lipinski definition) is 5. The van der Waals surface area contributed by atoms with Gasteiger partial charge in [0.25, 0.3) is 0 Å². The first-order valence-corrected chi connectivity index (χ1v) is 10.5. The molecule has 134 valence electrons. The van der Waals surface area contributed by atoms with E-state index < -0.39 is 10.0 Å². The van der Waals surface area contributed by atoms with Crippen LogP contribution in [0.3, 0.4) is 0 Å². The van der Waals surface area contributed by atoms with Gasteiger partial charge in [-0.1, -0.05) is 24.3 Å². The summed E-state index contributed by atoms with van der Waals surface area (Å²) < 4.78 is 27.6. The maximum Gasteiger partial charge on any atom is 0.218 e. The Morgan fingerprint density at radius 1 is 1.12 bits per heavy atom. The molecule has 7 heteroatoms. The third-order valence-electron chi connectivity index (χ3n) is 5.24. The molecular formula is C18H24N4O2S. The molecule has 0 spiro atoms. The lowest BCUT2D eigenvalue weighted by Gasteiger charge is -2.32. The first-order chi connectivity index (χ1) is 12.1. The molecule has 2 fully saturated rings. The molecule has 1 aromatic carbocycles.